The van der Waals surface area contributed by atoms with Gasteiger partial charge in [-0.05, 0) is 6.26 Å². The molecule has 0 aromatic carbocycles. The third-order valence-corrected chi connectivity index (χ3v) is 3.74. The van der Waals surface area contributed by atoms with Gasteiger partial charge < -0.3 is 20.4 Å². The van der Waals surface area contributed by atoms with Crippen LogP contribution in [0.25, 0.3) is 0 Å². The van der Waals surface area contributed by atoms with Crippen LogP contribution in [-0.4, -0.2) is 63.9 Å². The average molecular weight is 262 g/mol. The van der Waals surface area contributed by atoms with Crippen molar-refractivity contribution < 1.29 is 19.8 Å². The summed E-state index contributed by atoms with van der Waals surface area (Å²) in [6, 6.07) is -1.34. The highest BCUT2D eigenvalue weighted by Crippen LogP contribution is 2.18. The molecule has 0 aliphatic carbocycles. The number of thioether (sulfide) groups is 1. The fraction of sp³-hybridized carbons (Fsp3) is 0.800. The molecule has 0 saturated carbocycles. The number of nitrogens with one attached hydrogen (secondary N) is 1. The van der Waals surface area contributed by atoms with Crippen LogP contribution in [0.5, 0.6) is 0 Å². The molecule has 0 aromatic rings. The van der Waals surface area contributed by atoms with E-state index in [9.17, 15) is 14.7 Å². The zero-order valence-corrected chi connectivity index (χ0v) is 10.7. The van der Waals surface area contributed by atoms with E-state index in [4.69, 9.17) is 5.11 Å². The Morgan fingerprint density at radius 1 is 1.59 bits per heavy atom. The lowest BCUT2D eigenvalue weighted by Crippen LogP contribution is -2.47. The molecule has 0 radical (unpaired) electrons. The lowest BCUT2D eigenvalue weighted by molar-refractivity contribution is -0.141. The number of aliphatic carboxylic acids is 1. The van der Waals surface area contributed by atoms with Crippen LogP contribution in [0.1, 0.15) is 13.3 Å². The first-order chi connectivity index (χ1) is 7.95. The SMILES string of the molecule is CSC(C)CNC(=O)N1CC(O)C[C@H]1C(=O)O. The number of aliphatic hydroxyl groups excluding tert-OH is 1. The van der Waals surface area contributed by atoms with Crippen molar-refractivity contribution in [2.75, 3.05) is 19.3 Å². The molecule has 3 atom stereocenters. The van der Waals surface area contributed by atoms with Crippen molar-refractivity contribution in [2.45, 2.75) is 30.7 Å². The monoisotopic (exact) mass is 262 g/mol. The minimum Gasteiger partial charge on any atom is -0.480 e. The molecule has 1 fully saturated rings. The summed E-state index contributed by atoms with van der Waals surface area (Å²) in [6.45, 7) is 2.54. The molecule has 1 saturated heterocycles. The van der Waals surface area contributed by atoms with Gasteiger partial charge in [-0.2, -0.15) is 11.8 Å². The average Bonchev–Trinajstić information content (AvgIpc) is 2.67. The van der Waals surface area contributed by atoms with E-state index in [2.05, 4.69) is 5.32 Å². The molecule has 2 amide bonds. The summed E-state index contributed by atoms with van der Waals surface area (Å²) in [4.78, 5) is 23.9. The van der Waals surface area contributed by atoms with Crippen LogP contribution in [0, 0.1) is 0 Å². The van der Waals surface area contributed by atoms with E-state index in [1.165, 1.54) is 4.90 Å². The summed E-state index contributed by atoms with van der Waals surface area (Å²) in [5.41, 5.74) is 0. The Hall–Kier alpha value is -0.950. The Balaban J connectivity index is 2.52. The first-order valence-corrected chi connectivity index (χ1v) is 6.72. The van der Waals surface area contributed by atoms with E-state index < -0.39 is 24.1 Å². The number of likely N-dealkylation sites (tertiary alicyclic amines) is 1. The highest BCUT2D eigenvalue weighted by molar-refractivity contribution is 7.99. The fourth-order valence-electron chi connectivity index (χ4n) is 1.69. The number of nitrogens with zero attached hydrogens (tertiary/aromatic N) is 1. The van der Waals surface area contributed by atoms with Crippen LogP contribution in [0.3, 0.4) is 0 Å². The molecular weight excluding hydrogens is 244 g/mol. The number of β-amino-alcohol motifs (C(OH)–C–C–N with tert-alkyl or cyclic N) is 1. The summed E-state index contributed by atoms with van der Waals surface area (Å²) < 4.78 is 0. The molecule has 1 heterocycles. The minimum atomic E-state index is -1.07. The second kappa shape index (κ2) is 6.11. The van der Waals surface area contributed by atoms with Crippen LogP contribution < -0.4 is 5.32 Å². The summed E-state index contributed by atoms with van der Waals surface area (Å²) in [5.74, 6) is -1.07. The summed E-state index contributed by atoms with van der Waals surface area (Å²) in [5, 5.41) is 21.3. The largest absolute Gasteiger partial charge is 0.480 e. The van der Waals surface area contributed by atoms with Crippen molar-refractivity contribution in [3.63, 3.8) is 0 Å². The predicted octanol–water partition coefficient (Wildman–Crippen LogP) is -0.0327. The molecule has 17 heavy (non-hydrogen) atoms. The van der Waals surface area contributed by atoms with E-state index in [-0.39, 0.29) is 18.2 Å². The smallest absolute Gasteiger partial charge is 0.326 e. The van der Waals surface area contributed by atoms with Gasteiger partial charge in [0, 0.05) is 24.8 Å². The molecule has 6 nitrogen and oxygen atoms in total. The maximum atomic E-state index is 11.8. The number of carboxylic acids is 1. The van der Waals surface area contributed by atoms with Gasteiger partial charge in [-0.1, -0.05) is 6.92 Å². The molecule has 1 aliphatic rings. The number of aliphatic hydroxyl groups is 1. The number of hydrogen-bond donors (Lipinski definition) is 3. The first-order valence-electron chi connectivity index (χ1n) is 5.43. The van der Waals surface area contributed by atoms with Crippen LogP contribution in [0.15, 0.2) is 0 Å². The van der Waals surface area contributed by atoms with Gasteiger partial charge in [-0.25, -0.2) is 9.59 Å². The summed E-state index contributed by atoms with van der Waals surface area (Å²) in [7, 11) is 0. The van der Waals surface area contributed by atoms with Crippen molar-refractivity contribution in [3.8, 4) is 0 Å². The molecule has 7 heteroatoms. The van der Waals surface area contributed by atoms with Gasteiger partial charge >= 0.3 is 12.0 Å². The lowest BCUT2D eigenvalue weighted by Gasteiger charge is -2.22. The quantitative estimate of drug-likeness (QED) is 0.662. The highest BCUT2D eigenvalue weighted by atomic mass is 32.2. The molecule has 0 spiro atoms. The molecule has 2 unspecified atom stereocenters. The standard InChI is InChI=1S/C10H18N2O4S/c1-6(17-2)4-11-10(16)12-5-7(13)3-8(12)9(14)15/h6-8,13H,3-5H2,1-2H3,(H,11,16)(H,14,15)/t6?,7?,8-/m0/s1. The third-order valence-electron chi connectivity index (χ3n) is 2.77. The van der Waals surface area contributed by atoms with Crippen molar-refractivity contribution in [1.29, 1.82) is 0 Å². The molecule has 0 bridgehead atoms. The van der Waals surface area contributed by atoms with Crippen LogP contribution in [-0.2, 0) is 4.79 Å². The Bertz CT molecular complexity index is 300. The van der Waals surface area contributed by atoms with E-state index in [1.807, 2.05) is 13.2 Å². The molecular formula is C10H18N2O4S. The lowest BCUT2D eigenvalue weighted by atomic mass is 10.2. The Morgan fingerprint density at radius 2 is 2.24 bits per heavy atom. The number of rotatable bonds is 4. The maximum absolute atomic E-state index is 11.8. The van der Waals surface area contributed by atoms with Gasteiger partial charge in [0.25, 0.3) is 0 Å². The van der Waals surface area contributed by atoms with Gasteiger partial charge in [0.05, 0.1) is 6.10 Å². The third kappa shape index (κ3) is 3.78. The number of carbonyl (C=O) groups is 2. The van der Waals surface area contributed by atoms with Crippen LogP contribution in [0.2, 0.25) is 0 Å². The molecule has 1 rings (SSSR count). The molecule has 0 aromatic heterocycles. The van der Waals surface area contributed by atoms with E-state index in [0.29, 0.717) is 6.54 Å². The van der Waals surface area contributed by atoms with E-state index in [0.717, 1.165) is 0 Å². The minimum absolute atomic E-state index is 0.0798. The number of amides is 2. The Labute approximate surface area is 104 Å². The van der Waals surface area contributed by atoms with Crippen molar-refractivity contribution in [1.82, 2.24) is 10.2 Å². The Morgan fingerprint density at radius 3 is 2.76 bits per heavy atom. The van der Waals surface area contributed by atoms with Crippen LogP contribution in [0.4, 0.5) is 4.79 Å². The topological polar surface area (TPSA) is 89.9 Å². The molecule has 3 N–H and O–H groups in total. The zero-order valence-electron chi connectivity index (χ0n) is 9.92. The second-order valence-electron chi connectivity index (χ2n) is 4.13. The predicted molar refractivity (Wildman–Crippen MR) is 65.1 cm³/mol. The normalized spacial score (nSPS) is 25.7. The summed E-state index contributed by atoms with van der Waals surface area (Å²) >= 11 is 1.62. The number of carbonyl (C=O) groups excluding carboxylic acids is 1. The second-order valence-corrected chi connectivity index (χ2v) is 5.40. The van der Waals surface area contributed by atoms with E-state index in [1.54, 1.807) is 11.8 Å². The van der Waals surface area contributed by atoms with Crippen LogP contribution >= 0.6 is 11.8 Å². The Kier molecular flexibility index (Phi) is 5.07. The number of carboxylic acid groups (broad SMARTS) is 1. The van der Waals surface area contributed by atoms with Gasteiger partial charge in [-0.3, -0.25) is 0 Å². The van der Waals surface area contributed by atoms with Crippen molar-refractivity contribution in [3.05, 3.63) is 0 Å². The summed E-state index contributed by atoms with van der Waals surface area (Å²) in [6.07, 6.45) is 1.29. The van der Waals surface area contributed by atoms with Gasteiger partial charge in [0.2, 0.25) is 0 Å². The molecule has 1 aliphatic heterocycles. The maximum Gasteiger partial charge on any atom is 0.326 e. The van der Waals surface area contributed by atoms with Gasteiger partial charge in [-0.15, -0.1) is 0 Å². The zero-order chi connectivity index (χ0) is 13.0. The van der Waals surface area contributed by atoms with Gasteiger partial charge in [0.15, 0.2) is 0 Å². The fourth-order valence-corrected chi connectivity index (χ4v) is 1.94. The number of urea groups is 1. The van der Waals surface area contributed by atoms with Crippen molar-refractivity contribution >= 4 is 23.8 Å². The molecule has 98 valence electrons. The highest BCUT2D eigenvalue weighted by Gasteiger charge is 2.38. The number of hydrogen-bond acceptors (Lipinski definition) is 4. The van der Waals surface area contributed by atoms with Crippen molar-refractivity contribution in [2.24, 2.45) is 0 Å². The van der Waals surface area contributed by atoms with Gasteiger partial charge in [0.1, 0.15) is 6.04 Å². The van der Waals surface area contributed by atoms with E-state index >= 15 is 0 Å². The first kappa shape index (κ1) is 14.1.